The van der Waals surface area contributed by atoms with Crippen LogP contribution in [-0.2, 0) is 6.42 Å². The van der Waals surface area contributed by atoms with Gasteiger partial charge in [-0.05, 0) is 30.2 Å². The van der Waals surface area contributed by atoms with Crippen molar-refractivity contribution in [3.05, 3.63) is 34.6 Å². The Morgan fingerprint density at radius 2 is 2.23 bits per heavy atom. The third-order valence-electron chi connectivity index (χ3n) is 1.69. The van der Waals surface area contributed by atoms with Crippen molar-refractivity contribution in [3.63, 3.8) is 0 Å². The zero-order valence-electron chi connectivity index (χ0n) is 7.06. The molecule has 1 aromatic rings. The Bertz CT molecular complexity index is 280. The van der Waals surface area contributed by atoms with Crippen LogP contribution in [0.25, 0.3) is 0 Å². The summed E-state index contributed by atoms with van der Waals surface area (Å²) >= 11 is 9.71. The molecule has 72 valence electrons. The van der Waals surface area contributed by atoms with Crippen LogP contribution in [0, 0.1) is 5.82 Å². The van der Waals surface area contributed by atoms with Gasteiger partial charge in [0.2, 0.25) is 0 Å². The smallest absolute Gasteiger partial charge is 0.126 e. The molecule has 1 rings (SSSR count). The van der Waals surface area contributed by atoms with Gasteiger partial charge in [-0.15, -0.1) is 0 Å². The molecule has 0 heterocycles. The van der Waals surface area contributed by atoms with Crippen molar-refractivity contribution in [3.8, 4) is 0 Å². The minimum Gasteiger partial charge on any atom is -0.308 e. The third kappa shape index (κ3) is 3.55. The molecule has 0 aliphatic carbocycles. The van der Waals surface area contributed by atoms with Crippen molar-refractivity contribution >= 4 is 24.2 Å². The summed E-state index contributed by atoms with van der Waals surface area (Å²) in [5.74, 6) is 0.396. The normalized spacial score (nSPS) is 10.4. The van der Waals surface area contributed by atoms with Gasteiger partial charge in [0.1, 0.15) is 5.82 Å². The summed E-state index contributed by atoms with van der Waals surface area (Å²) in [6, 6.07) is 4.59. The van der Waals surface area contributed by atoms with Crippen molar-refractivity contribution in [1.29, 1.82) is 0 Å². The van der Waals surface area contributed by atoms with E-state index in [-0.39, 0.29) is 5.82 Å². The van der Waals surface area contributed by atoms with Crippen LogP contribution >= 0.6 is 24.2 Å². The van der Waals surface area contributed by atoms with E-state index in [0.717, 1.165) is 0 Å². The van der Waals surface area contributed by atoms with Gasteiger partial charge in [0.15, 0.2) is 0 Å². The van der Waals surface area contributed by atoms with Crippen molar-refractivity contribution < 1.29 is 4.39 Å². The highest BCUT2D eigenvalue weighted by atomic mass is 35.5. The first-order chi connectivity index (χ1) is 6.24. The van der Waals surface area contributed by atoms with Gasteiger partial charge in [0, 0.05) is 17.4 Å². The number of hydrogen-bond donors (Lipinski definition) is 2. The predicted molar refractivity (Wildman–Crippen MR) is 57.0 cm³/mol. The lowest BCUT2D eigenvalue weighted by atomic mass is 10.1. The quantitative estimate of drug-likeness (QED) is 0.451. The predicted octanol–water partition coefficient (Wildman–Crippen LogP) is 2.50. The van der Waals surface area contributed by atoms with E-state index in [9.17, 15) is 4.39 Å². The van der Waals surface area contributed by atoms with Crippen molar-refractivity contribution in [1.82, 2.24) is 5.32 Å². The molecule has 1 aromatic carbocycles. The molecule has 0 saturated carbocycles. The Kier molecular flexibility index (Phi) is 4.56. The molecule has 0 spiro atoms. The van der Waals surface area contributed by atoms with E-state index in [1.165, 1.54) is 6.07 Å². The van der Waals surface area contributed by atoms with Crippen molar-refractivity contribution in [2.24, 2.45) is 0 Å². The molecule has 0 aliphatic rings. The number of thiol groups is 1. The molecule has 0 amide bonds. The SMILES string of the molecule is Fc1ccc(Cl)cc1CCNCS. The highest BCUT2D eigenvalue weighted by Crippen LogP contribution is 2.14. The topological polar surface area (TPSA) is 12.0 Å². The van der Waals surface area contributed by atoms with Gasteiger partial charge in [-0.1, -0.05) is 11.6 Å². The second-order valence-corrected chi connectivity index (χ2v) is 3.40. The van der Waals surface area contributed by atoms with Gasteiger partial charge >= 0.3 is 0 Å². The number of hydrogen-bond acceptors (Lipinski definition) is 2. The molecule has 0 bridgehead atoms. The summed E-state index contributed by atoms with van der Waals surface area (Å²) < 4.78 is 13.1. The Labute approximate surface area is 87.7 Å². The van der Waals surface area contributed by atoms with Gasteiger partial charge in [-0.25, -0.2) is 4.39 Å². The monoisotopic (exact) mass is 219 g/mol. The first-order valence-corrected chi connectivity index (χ1v) is 5.00. The molecule has 0 unspecified atom stereocenters. The number of rotatable bonds is 4. The minimum absolute atomic E-state index is 0.203. The van der Waals surface area contributed by atoms with Gasteiger partial charge in [-0.2, -0.15) is 12.6 Å². The summed E-state index contributed by atoms with van der Waals surface area (Å²) in [5, 5.41) is 3.57. The van der Waals surface area contributed by atoms with Crippen LogP contribution in [0.4, 0.5) is 4.39 Å². The molecule has 1 N–H and O–H groups in total. The molecule has 0 aliphatic heterocycles. The van der Waals surface area contributed by atoms with Gasteiger partial charge in [-0.3, -0.25) is 0 Å². The highest BCUT2D eigenvalue weighted by Gasteiger charge is 2.01. The van der Waals surface area contributed by atoms with Gasteiger partial charge in [0.05, 0.1) is 0 Å². The minimum atomic E-state index is -0.203. The molecule has 0 fully saturated rings. The standard InChI is InChI=1S/C9H11ClFNS/c10-8-1-2-9(11)7(5-8)3-4-12-6-13/h1-2,5,12-13H,3-4,6H2. The van der Waals surface area contributed by atoms with Crippen LogP contribution in [0.2, 0.25) is 5.02 Å². The van der Waals surface area contributed by atoms with E-state index in [1.807, 2.05) is 0 Å². The summed E-state index contributed by atoms with van der Waals surface area (Å²) in [6.45, 7) is 0.709. The van der Waals surface area contributed by atoms with E-state index in [2.05, 4.69) is 17.9 Å². The first kappa shape index (κ1) is 10.8. The fourth-order valence-electron chi connectivity index (χ4n) is 1.04. The van der Waals surface area contributed by atoms with E-state index >= 15 is 0 Å². The van der Waals surface area contributed by atoms with Gasteiger partial charge in [0.25, 0.3) is 0 Å². The lowest BCUT2D eigenvalue weighted by molar-refractivity contribution is 0.604. The van der Waals surface area contributed by atoms with Gasteiger partial charge < -0.3 is 5.32 Å². The maximum atomic E-state index is 13.1. The molecule has 1 nitrogen and oxygen atoms in total. The summed E-state index contributed by atoms with van der Waals surface area (Å²) in [5.41, 5.74) is 0.641. The third-order valence-corrected chi connectivity index (χ3v) is 2.15. The molecule has 0 saturated heterocycles. The van der Waals surface area contributed by atoms with E-state index in [1.54, 1.807) is 12.1 Å². The van der Waals surface area contributed by atoms with Crippen molar-refractivity contribution in [2.75, 3.05) is 12.4 Å². The van der Waals surface area contributed by atoms with E-state index in [0.29, 0.717) is 29.4 Å². The van der Waals surface area contributed by atoms with Crippen LogP contribution in [0.1, 0.15) is 5.56 Å². The lowest BCUT2D eigenvalue weighted by Gasteiger charge is -2.03. The van der Waals surface area contributed by atoms with Crippen LogP contribution in [0.15, 0.2) is 18.2 Å². The number of halogens is 2. The summed E-state index contributed by atoms with van der Waals surface area (Å²) in [6.07, 6.45) is 0.632. The fourth-order valence-corrected chi connectivity index (χ4v) is 1.39. The largest absolute Gasteiger partial charge is 0.308 e. The molecule has 0 radical (unpaired) electrons. The average molecular weight is 220 g/mol. The van der Waals surface area contributed by atoms with E-state index in [4.69, 9.17) is 11.6 Å². The van der Waals surface area contributed by atoms with Crippen LogP contribution < -0.4 is 5.32 Å². The second-order valence-electron chi connectivity index (χ2n) is 2.64. The Balaban J connectivity index is 2.59. The van der Waals surface area contributed by atoms with Crippen molar-refractivity contribution in [2.45, 2.75) is 6.42 Å². The maximum absolute atomic E-state index is 13.1. The molecular formula is C9H11ClFNS. The molecule has 0 aromatic heterocycles. The van der Waals surface area contributed by atoms with Crippen LogP contribution in [0.5, 0.6) is 0 Å². The highest BCUT2D eigenvalue weighted by molar-refractivity contribution is 7.80. The Morgan fingerprint density at radius 1 is 1.46 bits per heavy atom. The zero-order valence-corrected chi connectivity index (χ0v) is 8.71. The second kappa shape index (κ2) is 5.47. The molecule has 13 heavy (non-hydrogen) atoms. The summed E-state index contributed by atoms with van der Waals surface area (Å²) in [4.78, 5) is 0. The summed E-state index contributed by atoms with van der Waals surface area (Å²) in [7, 11) is 0. The van der Waals surface area contributed by atoms with E-state index < -0.39 is 0 Å². The average Bonchev–Trinajstić information content (AvgIpc) is 2.11. The number of benzene rings is 1. The number of nitrogens with one attached hydrogen (secondary N) is 1. The molecular weight excluding hydrogens is 209 g/mol. The van der Waals surface area contributed by atoms with Crippen LogP contribution in [0.3, 0.4) is 0 Å². The molecule has 4 heteroatoms. The molecule has 0 atom stereocenters. The van der Waals surface area contributed by atoms with Crippen LogP contribution in [-0.4, -0.2) is 12.4 Å². The fraction of sp³-hybridized carbons (Fsp3) is 0.333. The maximum Gasteiger partial charge on any atom is 0.126 e. The Hall–Kier alpha value is -0.250. The zero-order chi connectivity index (χ0) is 9.68. The Morgan fingerprint density at radius 3 is 2.92 bits per heavy atom. The lowest BCUT2D eigenvalue weighted by Crippen LogP contribution is -2.15. The first-order valence-electron chi connectivity index (χ1n) is 3.99.